The summed E-state index contributed by atoms with van der Waals surface area (Å²) in [5.74, 6) is 0.149. The second kappa shape index (κ2) is 12.4. The van der Waals surface area contributed by atoms with Crippen molar-refractivity contribution in [2.75, 3.05) is 12.4 Å². The van der Waals surface area contributed by atoms with Crippen molar-refractivity contribution in [2.45, 2.75) is 13.0 Å². The number of hydrogen-bond donors (Lipinski definition) is 2. The van der Waals surface area contributed by atoms with Gasteiger partial charge in [0.25, 0.3) is 5.91 Å². The van der Waals surface area contributed by atoms with Crippen LogP contribution in [0.15, 0.2) is 77.9 Å². The summed E-state index contributed by atoms with van der Waals surface area (Å²) < 4.78 is 24.0. The fourth-order valence-electron chi connectivity index (χ4n) is 3.10. The van der Waals surface area contributed by atoms with Crippen molar-refractivity contribution in [1.29, 1.82) is 0 Å². The maximum Gasteiger partial charge on any atom is 0.257 e. The summed E-state index contributed by atoms with van der Waals surface area (Å²) in [6.07, 6.45) is 1.41. The molecule has 0 aliphatic rings. The van der Waals surface area contributed by atoms with Gasteiger partial charge in [-0.25, -0.2) is 9.82 Å². The van der Waals surface area contributed by atoms with Crippen molar-refractivity contribution in [1.82, 2.24) is 15.6 Å². The molecule has 4 aromatic rings. The first-order chi connectivity index (χ1) is 18.0. The number of benzene rings is 3. The highest BCUT2D eigenvalue weighted by Crippen LogP contribution is 2.19. The van der Waals surface area contributed by atoms with E-state index in [0.29, 0.717) is 27.6 Å². The molecular formula is C26H22FN5O4S. The molecule has 1 aromatic heterocycles. The zero-order valence-electron chi connectivity index (χ0n) is 19.7. The minimum atomic E-state index is -0.398. The second-order valence-electron chi connectivity index (χ2n) is 7.61. The van der Waals surface area contributed by atoms with Crippen molar-refractivity contribution in [3.8, 4) is 11.5 Å². The van der Waals surface area contributed by atoms with Gasteiger partial charge in [0.05, 0.1) is 19.7 Å². The van der Waals surface area contributed by atoms with Crippen molar-refractivity contribution < 1.29 is 23.5 Å². The van der Waals surface area contributed by atoms with Crippen molar-refractivity contribution >= 4 is 34.5 Å². The number of carbonyl (C=O) groups excluding carboxylic acids is 2. The Morgan fingerprint density at radius 1 is 1.03 bits per heavy atom. The molecule has 2 N–H and O–H groups in total. The third kappa shape index (κ3) is 7.42. The zero-order valence-corrected chi connectivity index (χ0v) is 20.5. The van der Waals surface area contributed by atoms with Gasteiger partial charge in [0.15, 0.2) is 0 Å². The van der Waals surface area contributed by atoms with Crippen LogP contribution in [0.1, 0.15) is 26.5 Å². The van der Waals surface area contributed by atoms with E-state index in [1.54, 1.807) is 55.6 Å². The van der Waals surface area contributed by atoms with Crippen molar-refractivity contribution in [2.24, 2.45) is 5.10 Å². The highest BCUT2D eigenvalue weighted by molar-refractivity contribution is 7.15. The summed E-state index contributed by atoms with van der Waals surface area (Å²) in [6, 6.07) is 19.9. The number of anilines is 1. The zero-order chi connectivity index (χ0) is 26.0. The van der Waals surface area contributed by atoms with E-state index >= 15 is 0 Å². The van der Waals surface area contributed by atoms with E-state index in [9.17, 15) is 14.0 Å². The standard InChI is InChI=1S/C26H22FN5O4S/c1-35-21-12-8-18(9-13-21)25(34)29-26-32-31-24(37-26)14-23(33)30-28-15-19-4-2-3-5-22(19)36-16-17-6-10-20(27)11-7-17/h2-13,15H,14,16H2,1H3,(H,30,33)(H,29,32,34)/b28-15+. The number of methoxy groups -OCH3 is 1. The molecule has 3 aromatic carbocycles. The highest BCUT2D eigenvalue weighted by Gasteiger charge is 2.13. The van der Waals surface area contributed by atoms with Gasteiger partial charge < -0.3 is 9.47 Å². The Hall–Kier alpha value is -4.64. The lowest BCUT2D eigenvalue weighted by Crippen LogP contribution is -2.19. The first-order valence-corrected chi connectivity index (χ1v) is 11.9. The molecule has 0 aliphatic heterocycles. The fourth-order valence-corrected chi connectivity index (χ4v) is 3.83. The Bertz CT molecular complexity index is 1390. The van der Waals surface area contributed by atoms with Gasteiger partial charge in [-0.05, 0) is 54.1 Å². The molecule has 0 saturated carbocycles. The summed E-state index contributed by atoms with van der Waals surface area (Å²) in [5.41, 5.74) is 4.36. The van der Waals surface area contributed by atoms with E-state index in [0.717, 1.165) is 16.9 Å². The minimum absolute atomic E-state index is 0.0594. The van der Waals surface area contributed by atoms with Gasteiger partial charge in [-0.3, -0.25) is 14.9 Å². The molecule has 2 amide bonds. The summed E-state index contributed by atoms with van der Waals surface area (Å²) in [4.78, 5) is 24.6. The van der Waals surface area contributed by atoms with Gasteiger partial charge in [0.2, 0.25) is 11.0 Å². The first-order valence-electron chi connectivity index (χ1n) is 11.1. The minimum Gasteiger partial charge on any atom is -0.497 e. The molecule has 0 spiro atoms. The first kappa shape index (κ1) is 25.5. The number of hydrazone groups is 1. The molecule has 1 heterocycles. The molecule has 0 atom stereocenters. The Labute approximate surface area is 216 Å². The van der Waals surface area contributed by atoms with Crippen molar-refractivity contribution in [3.05, 3.63) is 100 Å². The van der Waals surface area contributed by atoms with E-state index in [2.05, 4.69) is 26.0 Å². The summed E-state index contributed by atoms with van der Waals surface area (Å²) in [5, 5.41) is 15.2. The third-order valence-electron chi connectivity index (χ3n) is 4.97. The number of para-hydroxylation sites is 1. The normalized spacial score (nSPS) is 10.8. The van der Waals surface area contributed by atoms with E-state index in [1.807, 2.05) is 12.1 Å². The molecule has 0 unspecified atom stereocenters. The number of amides is 2. The number of nitrogens with one attached hydrogen (secondary N) is 2. The Balaban J connectivity index is 1.27. The van der Waals surface area contributed by atoms with Crippen LogP contribution in [0.3, 0.4) is 0 Å². The molecule has 0 aliphatic carbocycles. The molecule has 4 rings (SSSR count). The molecule has 0 bridgehead atoms. The van der Waals surface area contributed by atoms with Gasteiger partial charge in [-0.2, -0.15) is 5.10 Å². The van der Waals surface area contributed by atoms with E-state index in [-0.39, 0.29) is 29.9 Å². The molecule has 0 saturated heterocycles. The van der Waals surface area contributed by atoms with Gasteiger partial charge >= 0.3 is 0 Å². The van der Waals surface area contributed by atoms with Crippen LogP contribution in [0, 0.1) is 5.82 Å². The van der Waals surface area contributed by atoms with Crippen molar-refractivity contribution in [3.63, 3.8) is 0 Å². The predicted octanol–water partition coefficient (Wildman–Crippen LogP) is 4.21. The van der Waals surface area contributed by atoms with Crippen LogP contribution < -0.4 is 20.2 Å². The monoisotopic (exact) mass is 519 g/mol. The molecule has 9 nitrogen and oxygen atoms in total. The SMILES string of the molecule is COc1ccc(C(=O)Nc2nnc(CC(=O)N/N=C/c3ccccc3OCc3ccc(F)cc3)s2)cc1. The number of aromatic nitrogens is 2. The molecule has 0 radical (unpaired) electrons. The van der Waals surface area contributed by atoms with Crippen LogP contribution in [0.2, 0.25) is 0 Å². The second-order valence-corrected chi connectivity index (χ2v) is 8.67. The third-order valence-corrected chi connectivity index (χ3v) is 5.81. The van der Waals surface area contributed by atoms with Gasteiger partial charge in [-0.15, -0.1) is 10.2 Å². The number of ether oxygens (including phenoxy) is 2. The Morgan fingerprint density at radius 2 is 1.78 bits per heavy atom. The van der Waals surface area contributed by atoms with Crippen LogP contribution in [0.4, 0.5) is 9.52 Å². The fraction of sp³-hybridized carbons (Fsp3) is 0.115. The molecule has 0 fully saturated rings. The van der Waals surface area contributed by atoms with Gasteiger partial charge in [0, 0.05) is 11.1 Å². The molecular weight excluding hydrogens is 497 g/mol. The average molecular weight is 520 g/mol. The van der Waals surface area contributed by atoms with E-state index in [1.165, 1.54) is 18.3 Å². The topological polar surface area (TPSA) is 115 Å². The highest BCUT2D eigenvalue weighted by atomic mass is 32.1. The number of hydrogen-bond acceptors (Lipinski definition) is 8. The average Bonchev–Trinajstić information content (AvgIpc) is 3.35. The number of carbonyl (C=O) groups is 2. The molecule has 188 valence electrons. The molecule has 37 heavy (non-hydrogen) atoms. The summed E-state index contributed by atoms with van der Waals surface area (Å²) in [6.45, 7) is 0.256. The van der Waals surface area contributed by atoms with Crippen LogP contribution in [0.5, 0.6) is 11.5 Å². The maximum absolute atomic E-state index is 13.1. The number of rotatable bonds is 10. The maximum atomic E-state index is 13.1. The van der Waals surface area contributed by atoms with Crippen LogP contribution in [0.25, 0.3) is 0 Å². The van der Waals surface area contributed by atoms with E-state index < -0.39 is 5.91 Å². The summed E-state index contributed by atoms with van der Waals surface area (Å²) in [7, 11) is 1.55. The Kier molecular flexibility index (Phi) is 8.50. The lowest BCUT2D eigenvalue weighted by molar-refractivity contribution is -0.120. The summed E-state index contributed by atoms with van der Waals surface area (Å²) >= 11 is 1.09. The molecule has 11 heteroatoms. The lowest BCUT2D eigenvalue weighted by Gasteiger charge is -2.09. The smallest absolute Gasteiger partial charge is 0.257 e. The lowest BCUT2D eigenvalue weighted by atomic mass is 10.2. The number of halogens is 1. The van der Waals surface area contributed by atoms with Crippen LogP contribution >= 0.6 is 11.3 Å². The Morgan fingerprint density at radius 3 is 2.54 bits per heavy atom. The van der Waals surface area contributed by atoms with Crippen LogP contribution in [-0.2, 0) is 17.8 Å². The van der Waals surface area contributed by atoms with Gasteiger partial charge in [0.1, 0.15) is 28.9 Å². The van der Waals surface area contributed by atoms with E-state index in [4.69, 9.17) is 9.47 Å². The van der Waals surface area contributed by atoms with Gasteiger partial charge in [-0.1, -0.05) is 35.6 Å². The quantitative estimate of drug-likeness (QED) is 0.240. The predicted molar refractivity (Wildman–Crippen MR) is 137 cm³/mol. The van der Waals surface area contributed by atoms with Crippen LogP contribution in [-0.4, -0.2) is 35.3 Å². The largest absolute Gasteiger partial charge is 0.497 e. The number of nitrogens with zero attached hydrogens (tertiary/aromatic N) is 3.